The van der Waals surface area contributed by atoms with Crippen molar-refractivity contribution in [2.75, 3.05) is 5.32 Å². The average molecular weight is 302 g/mol. The molecule has 1 amide bonds. The Labute approximate surface area is 106 Å². The number of hydrogen-bond acceptors (Lipinski definition) is 3. The number of rotatable bonds is 4. The topological polar surface area (TPSA) is 72.2 Å². The SMILES string of the molecule is O=C(Nc1cc([N+](=O)[O-])c(F)cc1F)C(F)(F)C(F)F. The number of anilines is 1. The lowest BCUT2D eigenvalue weighted by Gasteiger charge is -2.15. The van der Waals surface area contributed by atoms with E-state index in [-0.39, 0.29) is 12.1 Å². The lowest BCUT2D eigenvalue weighted by atomic mass is 10.2. The number of halogens is 6. The standard InChI is InChI=1S/C9H4F6N2O3/c10-3-1-4(11)6(17(19)20)2-5(3)16-8(18)9(14,15)7(12)13/h1-2,7H,(H,16,18). The molecule has 0 aromatic heterocycles. The van der Waals surface area contributed by atoms with Crippen molar-refractivity contribution in [2.24, 2.45) is 0 Å². The number of carbonyl (C=O) groups is 1. The van der Waals surface area contributed by atoms with Crippen LogP contribution in [0.3, 0.4) is 0 Å². The van der Waals surface area contributed by atoms with Gasteiger partial charge in [-0.15, -0.1) is 0 Å². The fourth-order valence-electron chi connectivity index (χ4n) is 1.08. The maximum Gasteiger partial charge on any atom is 0.383 e. The van der Waals surface area contributed by atoms with Gasteiger partial charge in [0.25, 0.3) is 0 Å². The third kappa shape index (κ3) is 2.97. The smallest absolute Gasteiger partial charge is 0.318 e. The number of amides is 1. The molecule has 1 aromatic carbocycles. The summed E-state index contributed by atoms with van der Waals surface area (Å²) < 4.78 is 75.0. The normalized spacial score (nSPS) is 11.6. The number of nitro groups is 1. The van der Waals surface area contributed by atoms with Crippen LogP contribution < -0.4 is 5.32 Å². The number of carbonyl (C=O) groups excluding carboxylic acids is 1. The second-order valence-electron chi connectivity index (χ2n) is 3.42. The predicted octanol–water partition coefficient (Wildman–Crippen LogP) is 2.71. The summed E-state index contributed by atoms with van der Waals surface area (Å²) in [6.07, 6.45) is -4.36. The first-order valence-electron chi connectivity index (χ1n) is 4.68. The molecule has 0 spiro atoms. The van der Waals surface area contributed by atoms with E-state index in [9.17, 15) is 41.3 Å². The zero-order chi connectivity index (χ0) is 15.7. The highest BCUT2D eigenvalue weighted by molar-refractivity contribution is 5.96. The van der Waals surface area contributed by atoms with Gasteiger partial charge in [0.05, 0.1) is 10.6 Å². The Balaban J connectivity index is 3.13. The first-order valence-corrected chi connectivity index (χ1v) is 4.68. The minimum atomic E-state index is -5.13. The molecule has 20 heavy (non-hydrogen) atoms. The predicted molar refractivity (Wildman–Crippen MR) is 52.6 cm³/mol. The van der Waals surface area contributed by atoms with E-state index in [1.165, 1.54) is 0 Å². The van der Waals surface area contributed by atoms with Crippen molar-refractivity contribution in [3.8, 4) is 0 Å². The van der Waals surface area contributed by atoms with Crippen molar-refractivity contribution in [1.82, 2.24) is 0 Å². The lowest BCUT2D eigenvalue weighted by Crippen LogP contribution is -2.41. The van der Waals surface area contributed by atoms with Crippen molar-refractivity contribution < 1.29 is 36.1 Å². The second-order valence-corrected chi connectivity index (χ2v) is 3.42. The molecule has 110 valence electrons. The molecular formula is C9H4F6N2O3. The van der Waals surface area contributed by atoms with E-state index in [0.29, 0.717) is 0 Å². The van der Waals surface area contributed by atoms with E-state index in [2.05, 4.69) is 0 Å². The molecule has 0 heterocycles. The minimum Gasteiger partial charge on any atom is -0.318 e. The molecule has 0 aliphatic heterocycles. The van der Waals surface area contributed by atoms with E-state index in [1.807, 2.05) is 0 Å². The van der Waals surface area contributed by atoms with Crippen molar-refractivity contribution in [3.63, 3.8) is 0 Å². The van der Waals surface area contributed by atoms with Crippen LogP contribution in [0.2, 0.25) is 0 Å². The molecule has 0 unspecified atom stereocenters. The fraction of sp³-hybridized carbons (Fsp3) is 0.222. The van der Waals surface area contributed by atoms with Crippen LogP contribution in [0.4, 0.5) is 37.7 Å². The summed E-state index contributed by atoms with van der Waals surface area (Å²) >= 11 is 0. The van der Waals surface area contributed by atoms with Crippen LogP contribution in [-0.2, 0) is 4.79 Å². The largest absolute Gasteiger partial charge is 0.383 e. The number of nitrogens with zero attached hydrogens (tertiary/aromatic N) is 1. The monoisotopic (exact) mass is 302 g/mol. The first-order chi connectivity index (χ1) is 9.07. The zero-order valence-electron chi connectivity index (χ0n) is 9.17. The number of hydrogen-bond donors (Lipinski definition) is 1. The van der Waals surface area contributed by atoms with Crippen LogP contribution in [0.25, 0.3) is 0 Å². The van der Waals surface area contributed by atoms with Crippen LogP contribution in [0, 0.1) is 21.7 Å². The molecule has 0 aliphatic carbocycles. The minimum absolute atomic E-state index is 0.0474. The summed E-state index contributed by atoms with van der Waals surface area (Å²) in [5.74, 6) is -11.0. The van der Waals surface area contributed by atoms with Gasteiger partial charge in [0, 0.05) is 12.1 Å². The molecule has 0 saturated carbocycles. The summed E-state index contributed by atoms with van der Waals surface area (Å²) in [5, 5.41) is 11.4. The third-order valence-electron chi connectivity index (χ3n) is 2.06. The average Bonchev–Trinajstić information content (AvgIpc) is 2.31. The number of nitrogens with one attached hydrogen (secondary N) is 1. The molecule has 0 bridgehead atoms. The first kappa shape index (κ1) is 15.7. The Morgan fingerprint density at radius 1 is 1.25 bits per heavy atom. The van der Waals surface area contributed by atoms with E-state index < -0.39 is 46.2 Å². The van der Waals surface area contributed by atoms with E-state index in [1.54, 1.807) is 0 Å². The maximum atomic E-state index is 13.1. The van der Waals surface area contributed by atoms with Gasteiger partial charge < -0.3 is 5.32 Å². The molecule has 1 rings (SSSR count). The molecule has 1 N–H and O–H groups in total. The van der Waals surface area contributed by atoms with Crippen molar-refractivity contribution in [1.29, 1.82) is 0 Å². The summed E-state index contributed by atoms with van der Waals surface area (Å²) in [6.45, 7) is 0. The van der Waals surface area contributed by atoms with Crippen molar-refractivity contribution in [2.45, 2.75) is 12.3 Å². The van der Waals surface area contributed by atoms with Crippen LogP contribution in [-0.4, -0.2) is 23.2 Å². The molecule has 0 fully saturated rings. The zero-order valence-corrected chi connectivity index (χ0v) is 9.17. The second kappa shape index (κ2) is 5.35. The molecule has 1 aromatic rings. The highest BCUT2D eigenvalue weighted by atomic mass is 19.3. The van der Waals surface area contributed by atoms with E-state index >= 15 is 0 Å². The Kier molecular flexibility index (Phi) is 4.20. The summed E-state index contributed by atoms with van der Waals surface area (Å²) in [7, 11) is 0. The molecule has 5 nitrogen and oxygen atoms in total. The van der Waals surface area contributed by atoms with Crippen LogP contribution in [0.15, 0.2) is 12.1 Å². The van der Waals surface area contributed by atoms with Gasteiger partial charge in [-0.25, -0.2) is 13.2 Å². The number of benzene rings is 1. The van der Waals surface area contributed by atoms with Crippen LogP contribution in [0.5, 0.6) is 0 Å². The molecule has 0 radical (unpaired) electrons. The van der Waals surface area contributed by atoms with Gasteiger partial charge in [-0.05, 0) is 0 Å². The molecule has 0 atom stereocenters. The van der Waals surface area contributed by atoms with Crippen molar-refractivity contribution in [3.05, 3.63) is 33.9 Å². The van der Waals surface area contributed by atoms with Gasteiger partial charge in [-0.3, -0.25) is 14.9 Å². The number of nitro benzene ring substituents is 1. The van der Waals surface area contributed by atoms with Gasteiger partial charge in [0.2, 0.25) is 5.82 Å². The van der Waals surface area contributed by atoms with Gasteiger partial charge >= 0.3 is 23.9 Å². The highest BCUT2D eigenvalue weighted by Gasteiger charge is 2.49. The van der Waals surface area contributed by atoms with Gasteiger partial charge in [0.15, 0.2) is 0 Å². The Morgan fingerprint density at radius 2 is 1.80 bits per heavy atom. The third-order valence-corrected chi connectivity index (χ3v) is 2.06. The lowest BCUT2D eigenvalue weighted by molar-refractivity contribution is -0.387. The summed E-state index contributed by atoms with van der Waals surface area (Å²) in [6, 6.07) is 0.0539. The fourth-order valence-corrected chi connectivity index (χ4v) is 1.08. The highest BCUT2D eigenvalue weighted by Crippen LogP contribution is 2.28. The van der Waals surface area contributed by atoms with Gasteiger partial charge in [-0.1, -0.05) is 0 Å². The Bertz CT molecular complexity index is 563. The maximum absolute atomic E-state index is 13.1. The van der Waals surface area contributed by atoms with Crippen molar-refractivity contribution >= 4 is 17.3 Å². The Morgan fingerprint density at radius 3 is 2.25 bits per heavy atom. The molecule has 11 heteroatoms. The molecule has 0 aliphatic rings. The van der Waals surface area contributed by atoms with Crippen LogP contribution >= 0.6 is 0 Å². The Hall–Kier alpha value is -2.33. The van der Waals surface area contributed by atoms with E-state index in [4.69, 9.17) is 0 Å². The molecular weight excluding hydrogens is 298 g/mol. The molecule has 0 saturated heterocycles. The van der Waals surface area contributed by atoms with Gasteiger partial charge in [0.1, 0.15) is 5.82 Å². The quantitative estimate of drug-likeness (QED) is 0.528. The number of alkyl halides is 4. The van der Waals surface area contributed by atoms with Gasteiger partial charge in [-0.2, -0.15) is 13.2 Å². The summed E-state index contributed by atoms with van der Waals surface area (Å²) in [5.41, 5.74) is -2.54. The van der Waals surface area contributed by atoms with E-state index in [0.717, 1.165) is 5.32 Å². The van der Waals surface area contributed by atoms with Crippen LogP contribution in [0.1, 0.15) is 0 Å². The summed E-state index contributed by atoms with van der Waals surface area (Å²) in [4.78, 5) is 19.9.